The summed E-state index contributed by atoms with van der Waals surface area (Å²) in [5, 5.41) is 7.11. The molecule has 124 valence electrons. The second-order valence-electron chi connectivity index (χ2n) is 5.64. The monoisotopic (exact) mass is 339 g/mol. The van der Waals surface area contributed by atoms with E-state index in [1.54, 1.807) is 18.0 Å². The number of thioether (sulfide) groups is 1. The first-order chi connectivity index (χ1) is 11.8. The van der Waals surface area contributed by atoms with E-state index in [0.717, 1.165) is 30.3 Å². The maximum Gasteiger partial charge on any atom is 0.254 e. The second kappa shape index (κ2) is 8.66. The molecule has 0 saturated carbocycles. The van der Waals surface area contributed by atoms with Crippen LogP contribution in [0, 0.1) is 0 Å². The molecule has 1 aliphatic rings. The molecule has 2 N–H and O–H groups in total. The summed E-state index contributed by atoms with van der Waals surface area (Å²) in [6, 6.07) is 14.0. The number of nitrogens with one attached hydrogen (secondary N) is 2. The Hall–Kier alpha value is -2.11. The summed E-state index contributed by atoms with van der Waals surface area (Å²) < 4.78 is 0. The molecule has 1 saturated heterocycles. The SMILES string of the molecule is O=C(NC1CCNC1)c1cccnc1SCC=Cc1ccccc1. The quantitative estimate of drug-likeness (QED) is 0.795. The lowest BCUT2D eigenvalue weighted by atomic mass is 10.2. The Bertz CT molecular complexity index is 697. The van der Waals surface area contributed by atoms with E-state index in [2.05, 4.69) is 39.9 Å². The van der Waals surface area contributed by atoms with Crippen molar-refractivity contribution in [3.63, 3.8) is 0 Å². The summed E-state index contributed by atoms with van der Waals surface area (Å²) in [4.78, 5) is 16.8. The number of amides is 1. The van der Waals surface area contributed by atoms with Gasteiger partial charge in [0.1, 0.15) is 5.03 Å². The Kier molecular flexibility index (Phi) is 6.04. The largest absolute Gasteiger partial charge is 0.348 e. The van der Waals surface area contributed by atoms with Crippen molar-refractivity contribution in [3.8, 4) is 0 Å². The fraction of sp³-hybridized carbons (Fsp3) is 0.263. The molecular weight excluding hydrogens is 318 g/mol. The van der Waals surface area contributed by atoms with Gasteiger partial charge in [0.2, 0.25) is 0 Å². The van der Waals surface area contributed by atoms with E-state index >= 15 is 0 Å². The number of carbonyl (C=O) groups excluding carboxylic acids is 1. The molecular formula is C19H21N3OS. The highest BCUT2D eigenvalue weighted by Gasteiger charge is 2.19. The summed E-state index contributed by atoms with van der Waals surface area (Å²) in [5.74, 6) is 0.739. The number of hydrogen-bond acceptors (Lipinski definition) is 4. The second-order valence-corrected chi connectivity index (χ2v) is 6.65. The molecule has 2 heterocycles. The third-order valence-electron chi connectivity index (χ3n) is 3.84. The molecule has 1 aromatic heterocycles. The van der Waals surface area contributed by atoms with E-state index in [1.165, 1.54) is 5.56 Å². The highest BCUT2D eigenvalue weighted by Crippen LogP contribution is 2.20. The predicted molar refractivity (Wildman–Crippen MR) is 99.2 cm³/mol. The van der Waals surface area contributed by atoms with Crippen LogP contribution in [0.3, 0.4) is 0 Å². The van der Waals surface area contributed by atoms with Crippen molar-refractivity contribution in [2.45, 2.75) is 17.5 Å². The van der Waals surface area contributed by atoms with Gasteiger partial charge in [-0.1, -0.05) is 42.5 Å². The standard InChI is InChI=1S/C19H21N3OS/c23-18(22-16-10-12-20-14-16)17-9-4-11-21-19(17)24-13-5-8-15-6-2-1-3-7-15/h1-9,11,16,20H,10,12-14H2,(H,22,23). The Morgan fingerprint density at radius 2 is 2.17 bits per heavy atom. The predicted octanol–water partition coefficient (Wildman–Crippen LogP) is 2.98. The van der Waals surface area contributed by atoms with Crippen molar-refractivity contribution >= 4 is 23.7 Å². The van der Waals surface area contributed by atoms with Gasteiger partial charge >= 0.3 is 0 Å². The fourth-order valence-corrected chi connectivity index (χ4v) is 3.40. The summed E-state index contributed by atoms with van der Waals surface area (Å²) in [6.45, 7) is 1.80. The van der Waals surface area contributed by atoms with Gasteiger partial charge in [-0.3, -0.25) is 4.79 Å². The first-order valence-corrected chi connectivity index (χ1v) is 9.12. The van der Waals surface area contributed by atoms with Crippen LogP contribution >= 0.6 is 11.8 Å². The average molecular weight is 339 g/mol. The maximum atomic E-state index is 12.5. The molecule has 0 aliphatic carbocycles. The van der Waals surface area contributed by atoms with E-state index < -0.39 is 0 Å². The lowest BCUT2D eigenvalue weighted by Crippen LogP contribution is -2.36. The summed E-state index contributed by atoms with van der Waals surface area (Å²) in [6.07, 6.45) is 6.89. The van der Waals surface area contributed by atoms with Crippen molar-refractivity contribution in [3.05, 3.63) is 65.9 Å². The molecule has 1 amide bonds. The third kappa shape index (κ3) is 4.69. The number of benzene rings is 1. The Morgan fingerprint density at radius 3 is 2.96 bits per heavy atom. The molecule has 4 nitrogen and oxygen atoms in total. The topological polar surface area (TPSA) is 54.0 Å². The lowest BCUT2D eigenvalue weighted by molar-refractivity contribution is 0.0936. The van der Waals surface area contributed by atoms with Crippen molar-refractivity contribution in [1.82, 2.24) is 15.6 Å². The van der Waals surface area contributed by atoms with Crippen LogP contribution in [0.2, 0.25) is 0 Å². The zero-order valence-electron chi connectivity index (χ0n) is 13.4. The van der Waals surface area contributed by atoms with Gasteiger partial charge in [0.05, 0.1) is 5.56 Å². The van der Waals surface area contributed by atoms with E-state index in [9.17, 15) is 4.79 Å². The molecule has 1 aliphatic heterocycles. The molecule has 5 heteroatoms. The average Bonchev–Trinajstić information content (AvgIpc) is 3.13. The molecule has 0 radical (unpaired) electrons. The van der Waals surface area contributed by atoms with Crippen LogP contribution in [0.4, 0.5) is 0 Å². The van der Waals surface area contributed by atoms with Crippen LogP contribution < -0.4 is 10.6 Å². The van der Waals surface area contributed by atoms with Crippen LogP contribution in [0.25, 0.3) is 6.08 Å². The van der Waals surface area contributed by atoms with Gasteiger partial charge < -0.3 is 10.6 Å². The molecule has 0 bridgehead atoms. The van der Waals surface area contributed by atoms with Crippen LogP contribution in [0.5, 0.6) is 0 Å². The Morgan fingerprint density at radius 1 is 1.29 bits per heavy atom. The Balaban J connectivity index is 1.59. The summed E-state index contributed by atoms with van der Waals surface area (Å²) in [5.41, 5.74) is 1.83. The molecule has 0 spiro atoms. The summed E-state index contributed by atoms with van der Waals surface area (Å²) in [7, 11) is 0. The smallest absolute Gasteiger partial charge is 0.254 e. The van der Waals surface area contributed by atoms with Crippen molar-refractivity contribution < 1.29 is 4.79 Å². The molecule has 1 fully saturated rings. The van der Waals surface area contributed by atoms with E-state index in [0.29, 0.717) is 5.56 Å². The molecule has 24 heavy (non-hydrogen) atoms. The van der Waals surface area contributed by atoms with Crippen molar-refractivity contribution in [2.75, 3.05) is 18.8 Å². The molecule has 1 unspecified atom stereocenters. The van der Waals surface area contributed by atoms with Crippen LogP contribution in [-0.2, 0) is 0 Å². The van der Waals surface area contributed by atoms with Gasteiger partial charge in [-0.2, -0.15) is 0 Å². The van der Waals surface area contributed by atoms with Crippen LogP contribution in [0.15, 0.2) is 59.8 Å². The minimum absolute atomic E-state index is 0.0358. The van der Waals surface area contributed by atoms with E-state index in [1.807, 2.05) is 30.3 Å². The molecule has 1 atom stereocenters. The normalized spacial score (nSPS) is 17.2. The highest BCUT2D eigenvalue weighted by atomic mass is 32.2. The number of hydrogen-bond donors (Lipinski definition) is 2. The Labute approximate surface area is 146 Å². The number of rotatable bonds is 6. The van der Waals surface area contributed by atoms with Crippen molar-refractivity contribution in [1.29, 1.82) is 0 Å². The first kappa shape index (κ1) is 16.7. The third-order valence-corrected chi connectivity index (χ3v) is 4.80. The van der Waals surface area contributed by atoms with Gasteiger partial charge in [-0.25, -0.2) is 4.98 Å². The van der Waals surface area contributed by atoms with Crippen LogP contribution in [0.1, 0.15) is 22.3 Å². The first-order valence-electron chi connectivity index (χ1n) is 8.14. The van der Waals surface area contributed by atoms with E-state index in [4.69, 9.17) is 0 Å². The summed E-state index contributed by atoms with van der Waals surface area (Å²) >= 11 is 1.58. The zero-order valence-corrected chi connectivity index (χ0v) is 14.3. The lowest BCUT2D eigenvalue weighted by Gasteiger charge is -2.12. The minimum Gasteiger partial charge on any atom is -0.348 e. The van der Waals surface area contributed by atoms with Gasteiger partial charge in [0.25, 0.3) is 5.91 Å². The van der Waals surface area contributed by atoms with Crippen molar-refractivity contribution in [2.24, 2.45) is 0 Å². The number of pyridine rings is 1. The van der Waals surface area contributed by atoms with Gasteiger partial charge in [0, 0.05) is 24.5 Å². The maximum absolute atomic E-state index is 12.5. The van der Waals surface area contributed by atoms with Gasteiger partial charge in [-0.05, 0) is 30.7 Å². The number of aromatic nitrogens is 1. The minimum atomic E-state index is -0.0358. The molecule has 1 aromatic carbocycles. The zero-order chi connectivity index (χ0) is 16.6. The highest BCUT2D eigenvalue weighted by molar-refractivity contribution is 7.99. The van der Waals surface area contributed by atoms with E-state index in [-0.39, 0.29) is 11.9 Å². The van der Waals surface area contributed by atoms with Gasteiger partial charge in [-0.15, -0.1) is 11.8 Å². The molecule has 2 aromatic rings. The van der Waals surface area contributed by atoms with Crippen LogP contribution in [-0.4, -0.2) is 35.8 Å². The number of nitrogens with zero attached hydrogens (tertiary/aromatic N) is 1. The fourth-order valence-electron chi connectivity index (χ4n) is 2.60. The number of carbonyl (C=O) groups is 1. The molecule has 3 rings (SSSR count). The van der Waals surface area contributed by atoms with Gasteiger partial charge in [0.15, 0.2) is 0 Å².